The Hall–Kier alpha value is -11.2. The first-order chi connectivity index (χ1) is 60.9. The minimum absolute atomic E-state index is 0.0401. The molecule has 2 unspecified atom stereocenters. The zero-order valence-electron chi connectivity index (χ0n) is 78.6. The van der Waals surface area contributed by atoms with Crippen LogP contribution >= 0.6 is 0 Å². The van der Waals surface area contributed by atoms with Crippen LogP contribution < -0.4 is 61.4 Å². The highest BCUT2D eigenvalue weighted by Gasteiger charge is 2.46. The molecule has 5 atom stereocenters. The lowest BCUT2D eigenvalue weighted by Gasteiger charge is -2.35. The number of nitrogens with zero attached hydrogens (tertiary/aromatic N) is 12. The molecule has 0 bridgehead atoms. The van der Waals surface area contributed by atoms with Crippen LogP contribution in [0, 0.1) is 30.6 Å². The Bertz CT molecular complexity index is 6130. The molecule has 14 rings (SSSR count). The van der Waals surface area contributed by atoms with Gasteiger partial charge in [0.05, 0.1) is 53.1 Å². The van der Waals surface area contributed by atoms with Crippen LogP contribution in [0.15, 0.2) is 136 Å². The maximum absolute atomic E-state index is 13.6. The summed E-state index contributed by atoms with van der Waals surface area (Å²) in [7, 11) is -16.8. The van der Waals surface area contributed by atoms with E-state index in [4.69, 9.17) is 52.3 Å². The number of hydrogen-bond acceptors (Lipinski definition) is 30. The number of rotatable bonds is 21. The molecule has 1 aliphatic carbocycles. The summed E-state index contributed by atoms with van der Waals surface area (Å²) in [6.07, 6.45) is 11.2. The summed E-state index contributed by atoms with van der Waals surface area (Å²) >= 11 is 0. The van der Waals surface area contributed by atoms with Gasteiger partial charge in [0.15, 0.2) is 20.1 Å². The molecule has 0 aromatic carbocycles. The van der Waals surface area contributed by atoms with Crippen LogP contribution in [0.25, 0.3) is 6.08 Å². The third-order valence-corrected chi connectivity index (χ3v) is 28.7. The van der Waals surface area contributed by atoms with Crippen LogP contribution in [0.4, 0.5) is 46.5 Å². The van der Waals surface area contributed by atoms with E-state index in [0.717, 1.165) is 106 Å². The summed E-state index contributed by atoms with van der Waals surface area (Å²) in [5, 5.41) is -1.24. The van der Waals surface area contributed by atoms with Crippen LogP contribution in [-0.2, 0) is 60.4 Å². The number of carbonyl (C=O) groups is 4. The fraction of sp³-hybridized carbons (Fsp3) is 0.505. The Kier molecular flexibility index (Phi) is 29.8. The second-order valence-electron chi connectivity index (χ2n) is 39.8. The molecule has 131 heavy (non-hydrogen) atoms. The molecular formula is C93H128N20O14S4. The molecule has 12 N–H and O–H groups in total. The van der Waals surface area contributed by atoms with Gasteiger partial charge in [0, 0.05) is 94.6 Å². The number of anilines is 8. The van der Waals surface area contributed by atoms with E-state index in [0.29, 0.717) is 78.2 Å². The number of sulfonamides is 4. The van der Waals surface area contributed by atoms with Gasteiger partial charge in [0.2, 0.25) is 0 Å². The average molecular weight is 1880 g/mol. The smallest absolute Gasteiger partial charge is 0.281 e. The van der Waals surface area contributed by atoms with Gasteiger partial charge < -0.3 is 52.0 Å². The Morgan fingerprint density at radius 1 is 0.435 bits per heavy atom. The fourth-order valence-corrected chi connectivity index (χ4v) is 21.9. The minimum Gasteiger partial charge on any atom is -0.501 e. The first kappa shape index (κ1) is 100. The number of nitrogens with one attached hydrogen (secondary N) is 4. The lowest BCUT2D eigenvalue weighted by molar-refractivity contribution is 0.0793. The van der Waals surface area contributed by atoms with Gasteiger partial charge in [-0.1, -0.05) is 93.5 Å². The number of aryl methyl sites for hydroxylation is 1. The Morgan fingerprint density at radius 2 is 0.748 bits per heavy atom. The van der Waals surface area contributed by atoms with Gasteiger partial charge in [-0.05, 0) is 241 Å². The van der Waals surface area contributed by atoms with Crippen molar-refractivity contribution < 1.29 is 62.3 Å². The minimum atomic E-state index is -4.26. The van der Waals surface area contributed by atoms with Crippen molar-refractivity contribution >= 4 is 116 Å². The molecule has 6 fully saturated rings. The lowest BCUT2D eigenvalue weighted by Crippen LogP contribution is -2.41. The van der Waals surface area contributed by atoms with Gasteiger partial charge in [-0.2, -0.15) is 33.7 Å². The predicted molar refractivity (Wildman–Crippen MR) is 509 cm³/mol. The van der Waals surface area contributed by atoms with E-state index >= 15 is 0 Å². The van der Waals surface area contributed by atoms with Crippen molar-refractivity contribution in [1.82, 2.24) is 58.8 Å². The second kappa shape index (κ2) is 38.9. The van der Waals surface area contributed by atoms with E-state index in [-0.39, 0.29) is 105 Å². The van der Waals surface area contributed by atoms with Gasteiger partial charge in [0.1, 0.15) is 46.5 Å². The van der Waals surface area contributed by atoms with Crippen molar-refractivity contribution in [3.8, 4) is 0 Å². The van der Waals surface area contributed by atoms with Gasteiger partial charge in [0.25, 0.3) is 63.7 Å². The Labute approximate surface area is 771 Å². The molecule has 38 heteroatoms. The molecule has 4 amide bonds. The first-order valence-corrected chi connectivity index (χ1v) is 50.1. The van der Waals surface area contributed by atoms with Gasteiger partial charge in [-0.3, -0.25) is 19.2 Å². The van der Waals surface area contributed by atoms with E-state index in [2.05, 4.69) is 162 Å². The molecule has 5 saturated heterocycles. The highest BCUT2D eigenvalue weighted by molar-refractivity contribution is 7.90. The monoisotopic (exact) mass is 1880 g/mol. The summed E-state index contributed by atoms with van der Waals surface area (Å²) in [5.41, 5.74) is 26.8. The van der Waals surface area contributed by atoms with Crippen LogP contribution in [0.2, 0.25) is 0 Å². The topological polar surface area (TPSA) is 492 Å². The molecule has 5 aliphatic heterocycles. The summed E-state index contributed by atoms with van der Waals surface area (Å²) in [6.45, 7) is 46.4. The van der Waals surface area contributed by atoms with E-state index < -0.39 is 63.7 Å². The molecule has 8 aromatic rings. The van der Waals surface area contributed by atoms with E-state index in [1.54, 1.807) is 42.7 Å². The molecule has 8 aromatic heterocycles. The van der Waals surface area contributed by atoms with E-state index in [1.807, 2.05) is 40.7 Å². The molecular weight excluding hydrogens is 1750 g/mol. The lowest BCUT2D eigenvalue weighted by atomic mass is 9.87. The molecule has 708 valence electrons. The van der Waals surface area contributed by atoms with E-state index in [1.165, 1.54) is 72.8 Å². The zero-order valence-corrected chi connectivity index (χ0v) is 81.9. The summed E-state index contributed by atoms with van der Waals surface area (Å²) in [4.78, 5) is 96.6. The number of pyridine rings is 8. The van der Waals surface area contributed by atoms with Crippen LogP contribution in [0.1, 0.15) is 270 Å². The van der Waals surface area contributed by atoms with E-state index in [9.17, 15) is 52.8 Å². The molecule has 1 saturated carbocycles. The van der Waals surface area contributed by atoms with Crippen LogP contribution in [0.3, 0.4) is 0 Å². The van der Waals surface area contributed by atoms with Gasteiger partial charge in [-0.25, -0.2) is 58.8 Å². The highest BCUT2D eigenvalue weighted by Crippen LogP contribution is 2.46. The van der Waals surface area contributed by atoms with Crippen molar-refractivity contribution in [3.63, 3.8) is 0 Å². The maximum Gasteiger partial charge on any atom is 0.281 e. The first-order valence-electron chi connectivity index (χ1n) is 44.2. The molecule has 0 radical (unpaired) electrons. The third-order valence-electron chi connectivity index (χ3n) is 23.8. The van der Waals surface area contributed by atoms with Crippen molar-refractivity contribution in [2.45, 2.75) is 255 Å². The quantitative estimate of drug-likeness (QED) is 0.0310. The SMILES string of the molecule is CCO/C=C/c1cc(C(=O)NS(=O)(=O)c2cccc(N)n2)c(N2C[C@@H](C)CC2(C)C)nc1C(C)(C)C.C[C@@H]1CN(c2nc(C3CC3)ccc2C(=O)NS(=O)(=O)c2cccc(N)n2)C(C)(C)C1.C[C@@H]1CN(c2nc(C3CCCOC3)ccc2C(=O)NS(=O)(=O)c2cccc(N)n2)C(C)(C)C1.Cc1cc(C(=O)NS(=O)(=O)c2cccc(N)n2)c(N2CC(C)CC2(C)C)nc1C(C)(C)C. The number of aromatic nitrogens is 8. The zero-order chi connectivity index (χ0) is 96.4. The molecule has 13 heterocycles. The Morgan fingerprint density at radius 3 is 1.04 bits per heavy atom. The van der Waals surface area contributed by atoms with Crippen LogP contribution in [-0.4, -0.2) is 165 Å². The maximum atomic E-state index is 13.6. The molecule has 0 spiro atoms. The van der Waals surface area contributed by atoms with Crippen molar-refractivity contribution in [1.29, 1.82) is 0 Å². The third kappa shape index (κ3) is 24.2. The predicted octanol–water partition coefficient (Wildman–Crippen LogP) is 12.9. The number of amides is 4. The number of ether oxygens (including phenoxy) is 2. The summed E-state index contributed by atoms with van der Waals surface area (Å²) in [5.74, 6) is 1.46. The van der Waals surface area contributed by atoms with Gasteiger partial charge in [-0.15, -0.1) is 0 Å². The summed E-state index contributed by atoms with van der Waals surface area (Å²) < 4.78 is 122. The van der Waals surface area contributed by atoms with Gasteiger partial charge >= 0.3 is 0 Å². The number of nitrogens with two attached hydrogens (primary N) is 4. The Balaban J connectivity index is 0.000000169. The highest BCUT2D eigenvalue weighted by atomic mass is 32.2. The van der Waals surface area contributed by atoms with Crippen molar-refractivity contribution in [3.05, 3.63) is 172 Å². The van der Waals surface area contributed by atoms with Crippen LogP contribution in [0.5, 0.6) is 0 Å². The van der Waals surface area contributed by atoms with Crippen molar-refractivity contribution in [2.75, 3.05) is 88.5 Å². The number of hydrogen-bond donors (Lipinski definition) is 8. The summed E-state index contributed by atoms with van der Waals surface area (Å²) in [6, 6.07) is 27.4. The standard InChI is InChI=1S/C26H37N5O4S.C23H31N5O4S.C23H33N5O3S.C21H27N5O3S/c1-8-35-13-12-18-14-19(24(32)30-36(33,34)21-11-9-10-20(27)28-21)23(29-22(18)25(3,4)5)31-16-17(2)15-26(31,6)7;1-15-12-23(2,3)28(13-15)21-17(9-10-18(25-21)16-6-5-11-32-14-16)22(29)27-33(30,31)20-8-4-7-19(24)26-20;1-14-12-23(6,7)28(13-14)20-16(11-15(2)19(26-20)22(3,4)5)21(29)27-32(30,31)18-10-8-9-17(24)25-18;1-13-11-21(2,3)26(12-13)19-15(9-10-16(23-19)14-7-8-14)20(27)25-30(28,29)18-6-4-5-17(22)24-18/h9-14,17H,8,15-16H2,1-7H3,(H2,27,28)(H,30,32);4,7-10,15-16H,5-6,11-14H2,1-3H3,(H2,24,26)(H,27,29);8-11,14H,12-13H2,1-7H3,(H2,24,25)(H,27,29);4-6,9-10,13-14H,7-8,11-12H2,1-3H3,(H2,22,24)(H,25,27)/b13-12+;;;/t17-;15-,16?;;13-/m00.0/s1. The average Bonchev–Trinajstić information content (AvgIpc) is 1.70. The largest absolute Gasteiger partial charge is 0.501 e. The normalized spacial score (nSPS) is 20.0. The number of carbonyl (C=O) groups excluding carboxylic acids is 4. The van der Waals surface area contributed by atoms with Crippen molar-refractivity contribution in [2.24, 2.45) is 23.7 Å². The second-order valence-corrected chi connectivity index (χ2v) is 46.3. The molecule has 34 nitrogen and oxygen atoms in total. The molecule has 6 aliphatic rings. The fourth-order valence-electron chi connectivity index (χ4n) is 18.1. The number of nitrogen functional groups attached to an aromatic ring is 4.